The van der Waals surface area contributed by atoms with Crippen molar-refractivity contribution in [3.05, 3.63) is 65.5 Å². The second-order valence-corrected chi connectivity index (χ2v) is 4.14. The van der Waals surface area contributed by atoms with E-state index in [0.29, 0.717) is 5.56 Å². The molecule has 19 heavy (non-hydrogen) atoms. The predicted molar refractivity (Wildman–Crippen MR) is 70.9 cm³/mol. The zero-order valence-electron chi connectivity index (χ0n) is 10.3. The van der Waals surface area contributed by atoms with Crippen LogP contribution in [0.4, 0.5) is 24.5 Å². The Morgan fingerprint density at radius 3 is 2.42 bits per heavy atom. The van der Waals surface area contributed by atoms with Gasteiger partial charge in [-0.1, -0.05) is 18.7 Å². The van der Waals surface area contributed by atoms with Gasteiger partial charge in [0.1, 0.15) is 5.82 Å². The topological polar surface area (TPSA) is 12.0 Å². The summed E-state index contributed by atoms with van der Waals surface area (Å²) in [5, 5.41) is 2.57. The van der Waals surface area contributed by atoms with Gasteiger partial charge < -0.3 is 5.32 Å². The average molecular weight is 263 g/mol. The first-order chi connectivity index (χ1) is 9.02. The zero-order chi connectivity index (χ0) is 14.0. The normalized spacial score (nSPS) is 10.3. The molecule has 1 N–H and O–H groups in total. The van der Waals surface area contributed by atoms with Crippen molar-refractivity contribution < 1.29 is 13.2 Å². The molecule has 0 heterocycles. The SMILES string of the molecule is C=Cc1ccc(F)c(F)c1Nc1ccc(C)cc1F. The number of rotatable bonds is 3. The van der Waals surface area contributed by atoms with E-state index < -0.39 is 17.5 Å². The van der Waals surface area contributed by atoms with Gasteiger partial charge in [-0.3, -0.25) is 0 Å². The van der Waals surface area contributed by atoms with Crippen LogP contribution in [0.1, 0.15) is 11.1 Å². The van der Waals surface area contributed by atoms with Crippen LogP contribution in [0.3, 0.4) is 0 Å². The number of benzene rings is 2. The molecule has 0 aromatic heterocycles. The van der Waals surface area contributed by atoms with Crippen molar-refractivity contribution in [2.45, 2.75) is 6.92 Å². The third kappa shape index (κ3) is 2.62. The highest BCUT2D eigenvalue weighted by molar-refractivity contribution is 5.72. The Morgan fingerprint density at radius 1 is 1.05 bits per heavy atom. The van der Waals surface area contributed by atoms with Gasteiger partial charge in [-0.05, 0) is 36.8 Å². The third-order valence-electron chi connectivity index (χ3n) is 2.73. The number of anilines is 2. The molecule has 0 radical (unpaired) electrons. The highest BCUT2D eigenvalue weighted by Crippen LogP contribution is 2.28. The number of nitrogens with one attached hydrogen (secondary N) is 1. The van der Waals surface area contributed by atoms with E-state index in [-0.39, 0.29) is 11.4 Å². The fraction of sp³-hybridized carbons (Fsp3) is 0.0667. The number of aryl methyl sites for hydroxylation is 1. The molecule has 2 aromatic carbocycles. The Bertz CT molecular complexity index is 636. The van der Waals surface area contributed by atoms with Crippen LogP contribution >= 0.6 is 0 Å². The molecular formula is C15H12F3N. The van der Waals surface area contributed by atoms with Crippen LogP contribution < -0.4 is 5.32 Å². The lowest BCUT2D eigenvalue weighted by Crippen LogP contribution is -2.01. The Morgan fingerprint density at radius 2 is 1.79 bits per heavy atom. The summed E-state index contributed by atoms with van der Waals surface area (Å²) in [7, 11) is 0. The second-order valence-electron chi connectivity index (χ2n) is 4.14. The minimum absolute atomic E-state index is 0.0817. The lowest BCUT2D eigenvalue weighted by atomic mass is 10.1. The molecule has 4 heteroatoms. The van der Waals surface area contributed by atoms with Crippen molar-refractivity contribution in [1.82, 2.24) is 0 Å². The van der Waals surface area contributed by atoms with Crippen molar-refractivity contribution in [1.29, 1.82) is 0 Å². The van der Waals surface area contributed by atoms with Gasteiger partial charge in [0.05, 0.1) is 11.4 Å². The maximum absolute atomic E-state index is 13.7. The molecule has 2 rings (SSSR count). The van der Waals surface area contributed by atoms with Crippen LogP contribution in [0.15, 0.2) is 36.9 Å². The van der Waals surface area contributed by atoms with Gasteiger partial charge in [-0.2, -0.15) is 0 Å². The van der Waals surface area contributed by atoms with Crippen LogP contribution in [0.2, 0.25) is 0 Å². The Kier molecular flexibility index (Phi) is 3.60. The van der Waals surface area contributed by atoms with Crippen LogP contribution in [0, 0.1) is 24.4 Å². The fourth-order valence-corrected chi connectivity index (χ4v) is 1.72. The Labute approximate surface area is 109 Å². The molecular weight excluding hydrogens is 251 g/mol. The quantitative estimate of drug-likeness (QED) is 0.838. The lowest BCUT2D eigenvalue weighted by Gasteiger charge is -2.12. The summed E-state index contributed by atoms with van der Waals surface area (Å²) in [6.45, 7) is 5.26. The third-order valence-corrected chi connectivity index (χ3v) is 2.73. The minimum atomic E-state index is -1.06. The summed E-state index contributed by atoms with van der Waals surface area (Å²) in [6.07, 6.45) is 1.37. The van der Waals surface area contributed by atoms with E-state index in [2.05, 4.69) is 11.9 Å². The molecule has 0 spiro atoms. The van der Waals surface area contributed by atoms with Crippen LogP contribution in [0.25, 0.3) is 6.08 Å². The van der Waals surface area contributed by atoms with Crippen molar-refractivity contribution in [3.8, 4) is 0 Å². The number of halogens is 3. The summed E-state index contributed by atoms with van der Waals surface area (Å²) >= 11 is 0. The molecule has 0 aliphatic heterocycles. The fourth-order valence-electron chi connectivity index (χ4n) is 1.72. The molecule has 0 unspecified atom stereocenters. The standard InChI is InChI=1S/C15H12F3N/c1-3-10-5-6-11(16)14(18)15(10)19-13-7-4-9(2)8-12(13)17/h3-8,19H,1H2,2H3. The molecule has 0 saturated carbocycles. The van der Waals surface area contributed by atoms with Gasteiger partial charge in [-0.15, -0.1) is 0 Å². The minimum Gasteiger partial charge on any atom is -0.350 e. The summed E-state index contributed by atoms with van der Waals surface area (Å²) < 4.78 is 40.7. The maximum atomic E-state index is 13.7. The summed E-state index contributed by atoms with van der Waals surface area (Å²) in [6, 6.07) is 6.84. The summed E-state index contributed by atoms with van der Waals surface area (Å²) in [5.74, 6) is -2.59. The van der Waals surface area contributed by atoms with Gasteiger partial charge in [0, 0.05) is 5.56 Å². The second kappa shape index (κ2) is 5.18. The first-order valence-corrected chi connectivity index (χ1v) is 5.66. The summed E-state index contributed by atoms with van der Waals surface area (Å²) in [4.78, 5) is 0. The van der Waals surface area contributed by atoms with Crippen LogP contribution in [0.5, 0.6) is 0 Å². The number of hydrogen-bond donors (Lipinski definition) is 1. The van der Waals surface area contributed by atoms with Gasteiger partial charge in [-0.25, -0.2) is 13.2 Å². The van der Waals surface area contributed by atoms with Gasteiger partial charge in [0.25, 0.3) is 0 Å². The average Bonchev–Trinajstić information content (AvgIpc) is 2.38. The first-order valence-electron chi connectivity index (χ1n) is 5.66. The smallest absolute Gasteiger partial charge is 0.182 e. The van der Waals surface area contributed by atoms with E-state index in [4.69, 9.17) is 0 Å². The van der Waals surface area contributed by atoms with E-state index in [0.717, 1.165) is 11.6 Å². The molecule has 1 nitrogen and oxygen atoms in total. The summed E-state index contributed by atoms with van der Waals surface area (Å²) in [5.41, 5.74) is 1.06. The molecule has 0 saturated heterocycles. The highest BCUT2D eigenvalue weighted by atomic mass is 19.2. The zero-order valence-corrected chi connectivity index (χ0v) is 10.3. The van der Waals surface area contributed by atoms with Crippen molar-refractivity contribution in [3.63, 3.8) is 0 Å². The molecule has 0 amide bonds. The molecule has 0 aliphatic carbocycles. The van der Waals surface area contributed by atoms with Crippen LogP contribution in [-0.4, -0.2) is 0 Å². The van der Waals surface area contributed by atoms with Crippen LogP contribution in [-0.2, 0) is 0 Å². The van der Waals surface area contributed by atoms with E-state index in [9.17, 15) is 13.2 Å². The van der Waals surface area contributed by atoms with Gasteiger partial charge in [0.15, 0.2) is 11.6 Å². The van der Waals surface area contributed by atoms with Crippen molar-refractivity contribution in [2.24, 2.45) is 0 Å². The lowest BCUT2D eigenvalue weighted by molar-refractivity contribution is 0.511. The molecule has 0 atom stereocenters. The van der Waals surface area contributed by atoms with E-state index in [1.54, 1.807) is 13.0 Å². The van der Waals surface area contributed by atoms with Gasteiger partial charge in [0.2, 0.25) is 0 Å². The largest absolute Gasteiger partial charge is 0.350 e. The molecule has 98 valence electrons. The molecule has 0 fully saturated rings. The van der Waals surface area contributed by atoms with Crippen molar-refractivity contribution >= 4 is 17.5 Å². The van der Waals surface area contributed by atoms with Crippen molar-refractivity contribution in [2.75, 3.05) is 5.32 Å². The van der Waals surface area contributed by atoms with E-state index in [1.165, 1.54) is 24.3 Å². The Balaban J connectivity index is 2.48. The molecule has 0 bridgehead atoms. The number of hydrogen-bond acceptors (Lipinski definition) is 1. The highest BCUT2D eigenvalue weighted by Gasteiger charge is 2.13. The monoisotopic (exact) mass is 263 g/mol. The van der Waals surface area contributed by atoms with Gasteiger partial charge >= 0.3 is 0 Å². The van der Waals surface area contributed by atoms with E-state index in [1.807, 2.05) is 0 Å². The molecule has 0 aliphatic rings. The Hall–Kier alpha value is -2.23. The van der Waals surface area contributed by atoms with E-state index >= 15 is 0 Å². The molecule has 2 aromatic rings. The maximum Gasteiger partial charge on any atom is 0.182 e. The predicted octanol–water partition coefficient (Wildman–Crippen LogP) is 4.80. The first kappa shape index (κ1) is 13.2.